The molecule has 0 aromatic heterocycles. The molecule has 138 valence electrons. The van der Waals surface area contributed by atoms with Crippen molar-refractivity contribution in [3.8, 4) is 11.5 Å². The van der Waals surface area contributed by atoms with Gasteiger partial charge in [-0.1, -0.05) is 11.6 Å². The average molecular weight is 376 g/mol. The predicted molar refractivity (Wildman–Crippen MR) is 85.8 cm³/mol. The largest absolute Gasteiger partial charge is 0.493 e. The number of esters is 1. The molecule has 0 radical (unpaired) electrons. The van der Waals surface area contributed by atoms with Gasteiger partial charge in [0.15, 0.2) is 11.5 Å². The minimum Gasteiger partial charge on any atom is -0.493 e. The number of rotatable bonds is 8. The number of aliphatic carboxylic acids is 1. The Bertz CT molecular complexity index is 636. The third kappa shape index (κ3) is 7.17. The number of amides is 1. The van der Waals surface area contributed by atoms with Crippen LogP contribution in [0.3, 0.4) is 0 Å². The van der Waals surface area contributed by atoms with Gasteiger partial charge in [-0.2, -0.15) is 0 Å². The fraction of sp³-hybridized carbons (Fsp3) is 0.400. The number of carbonyl (C=O) groups excluding carboxylic acids is 2. The molecule has 0 heterocycles. The maximum absolute atomic E-state index is 11.6. The average Bonchev–Trinajstić information content (AvgIpc) is 2.50. The zero-order valence-corrected chi connectivity index (χ0v) is 14.5. The molecule has 0 aliphatic rings. The number of hydrogen-bond donors (Lipinski definition) is 2. The molecule has 2 N–H and O–H groups in total. The molecule has 10 heteroatoms. The first-order chi connectivity index (χ1) is 11.7. The van der Waals surface area contributed by atoms with Crippen molar-refractivity contribution in [1.29, 1.82) is 0 Å². The number of carbonyl (C=O) groups is 3. The van der Waals surface area contributed by atoms with E-state index in [0.29, 0.717) is 5.02 Å². The molecule has 0 saturated heterocycles. The number of alkyl carbamates (subject to hydrolysis) is 1. The molecule has 0 bridgehead atoms. The molecule has 0 unspecified atom stereocenters. The number of carboxylic acid groups (broad SMARTS) is 1. The summed E-state index contributed by atoms with van der Waals surface area (Å²) in [6.07, 6.45) is -3.51. The smallest absolute Gasteiger partial charge is 0.410 e. The second kappa shape index (κ2) is 9.58. The Morgan fingerprint density at radius 3 is 2.48 bits per heavy atom. The van der Waals surface area contributed by atoms with Crippen LogP contribution in [0.25, 0.3) is 0 Å². The lowest BCUT2D eigenvalue weighted by Gasteiger charge is -2.18. The highest BCUT2D eigenvalue weighted by Gasteiger charge is 2.23. The summed E-state index contributed by atoms with van der Waals surface area (Å²) in [6.45, 7) is 2.09. The van der Waals surface area contributed by atoms with Crippen molar-refractivity contribution < 1.29 is 38.4 Å². The summed E-state index contributed by atoms with van der Waals surface area (Å²) in [4.78, 5) is 33.6. The lowest BCUT2D eigenvalue weighted by Crippen LogP contribution is -2.41. The van der Waals surface area contributed by atoms with Crippen LogP contribution in [0.4, 0.5) is 4.79 Å². The van der Waals surface area contributed by atoms with Crippen LogP contribution in [0, 0.1) is 0 Å². The number of halogens is 1. The first-order valence-electron chi connectivity index (χ1n) is 7.07. The van der Waals surface area contributed by atoms with Crippen molar-refractivity contribution in [2.45, 2.75) is 26.2 Å². The number of methoxy groups -OCH3 is 1. The van der Waals surface area contributed by atoms with Gasteiger partial charge in [0.1, 0.15) is 0 Å². The van der Waals surface area contributed by atoms with Crippen LogP contribution in [0.1, 0.15) is 13.8 Å². The molecule has 0 aliphatic carbocycles. The third-order valence-corrected chi connectivity index (χ3v) is 2.94. The fourth-order valence-corrected chi connectivity index (χ4v) is 1.86. The molecular weight excluding hydrogens is 358 g/mol. The first-order valence-corrected chi connectivity index (χ1v) is 7.45. The van der Waals surface area contributed by atoms with E-state index in [4.69, 9.17) is 25.8 Å². The van der Waals surface area contributed by atoms with Crippen molar-refractivity contribution in [3.05, 3.63) is 23.2 Å². The Kier molecular flexibility index (Phi) is 7.80. The number of ether oxygens (including phenoxy) is 4. The Labute approximate surface area is 148 Å². The first kappa shape index (κ1) is 20.4. The maximum atomic E-state index is 11.6. The Balaban J connectivity index is 2.66. The van der Waals surface area contributed by atoms with Crippen molar-refractivity contribution in [1.82, 2.24) is 5.32 Å². The van der Waals surface area contributed by atoms with Gasteiger partial charge in [-0.3, -0.25) is 4.79 Å². The van der Waals surface area contributed by atoms with E-state index in [1.54, 1.807) is 6.07 Å². The summed E-state index contributed by atoms with van der Waals surface area (Å²) in [7, 11) is 1.39. The van der Waals surface area contributed by atoms with Crippen molar-refractivity contribution in [2.24, 2.45) is 0 Å². The number of benzene rings is 1. The summed E-state index contributed by atoms with van der Waals surface area (Å²) in [5.41, 5.74) is 0. The van der Waals surface area contributed by atoms with Crippen LogP contribution in [-0.2, 0) is 19.1 Å². The minimum absolute atomic E-state index is 0.103. The van der Waals surface area contributed by atoms with Crippen LogP contribution < -0.4 is 14.8 Å². The van der Waals surface area contributed by atoms with Crippen molar-refractivity contribution in [2.75, 3.05) is 13.7 Å². The molecule has 0 saturated carbocycles. The van der Waals surface area contributed by atoms with Gasteiger partial charge in [0, 0.05) is 24.9 Å². The Morgan fingerprint density at radius 2 is 1.92 bits per heavy atom. The maximum Gasteiger partial charge on any atom is 0.410 e. The molecular formula is C15H18ClNO8. The molecule has 2 atom stereocenters. The van der Waals surface area contributed by atoms with Gasteiger partial charge in [0.05, 0.1) is 13.7 Å². The molecule has 0 aliphatic heterocycles. The lowest BCUT2D eigenvalue weighted by molar-refractivity contribution is -0.162. The summed E-state index contributed by atoms with van der Waals surface area (Å²) >= 11 is 5.85. The highest BCUT2D eigenvalue weighted by molar-refractivity contribution is 6.30. The minimum atomic E-state index is -1.43. The number of nitrogens with one attached hydrogen (secondary N) is 1. The summed E-state index contributed by atoms with van der Waals surface area (Å²) < 4.78 is 19.7. The van der Waals surface area contributed by atoms with Crippen molar-refractivity contribution >= 4 is 29.6 Å². The highest BCUT2D eigenvalue weighted by atomic mass is 35.5. The van der Waals surface area contributed by atoms with Gasteiger partial charge >= 0.3 is 18.0 Å². The number of hydrogen-bond acceptors (Lipinski definition) is 7. The van der Waals surface area contributed by atoms with E-state index in [1.807, 2.05) is 0 Å². The van der Waals surface area contributed by atoms with E-state index < -0.39 is 37.0 Å². The van der Waals surface area contributed by atoms with Crippen LogP contribution in [0.2, 0.25) is 5.02 Å². The summed E-state index contributed by atoms with van der Waals surface area (Å²) in [5.74, 6) is -1.57. The topological polar surface area (TPSA) is 120 Å². The Hall–Kier alpha value is -2.68. The molecule has 0 spiro atoms. The molecule has 0 fully saturated rings. The van der Waals surface area contributed by atoms with Gasteiger partial charge < -0.3 is 29.4 Å². The van der Waals surface area contributed by atoms with Gasteiger partial charge in [-0.15, -0.1) is 0 Å². The summed E-state index contributed by atoms with van der Waals surface area (Å²) in [6, 6.07) is 4.45. The molecule has 1 aromatic carbocycles. The second-order valence-corrected chi connectivity index (χ2v) is 5.14. The zero-order chi connectivity index (χ0) is 19.0. The fourth-order valence-electron chi connectivity index (χ4n) is 1.70. The van der Waals surface area contributed by atoms with Crippen molar-refractivity contribution in [3.63, 3.8) is 0 Å². The number of carboxylic acids is 1. The monoisotopic (exact) mass is 375 g/mol. The van der Waals surface area contributed by atoms with Gasteiger partial charge in [0.2, 0.25) is 12.4 Å². The second-order valence-electron chi connectivity index (χ2n) is 4.70. The SMILES string of the molecule is COc1ccc(Cl)cc1O[C@@H](CNC(=O)O[C@@H](C)OC(C)=O)C(=O)O. The third-order valence-electron chi connectivity index (χ3n) is 2.71. The highest BCUT2D eigenvalue weighted by Crippen LogP contribution is 2.30. The molecule has 9 nitrogen and oxygen atoms in total. The van der Waals surface area contributed by atoms with Crippen LogP contribution in [0.15, 0.2) is 18.2 Å². The van der Waals surface area contributed by atoms with E-state index >= 15 is 0 Å². The predicted octanol–water partition coefficient (Wildman–Crippen LogP) is 1.82. The normalized spacial score (nSPS) is 12.5. The van der Waals surface area contributed by atoms with Gasteiger partial charge in [-0.25, -0.2) is 9.59 Å². The van der Waals surface area contributed by atoms with Gasteiger partial charge in [-0.05, 0) is 12.1 Å². The van der Waals surface area contributed by atoms with E-state index in [-0.39, 0.29) is 11.5 Å². The van der Waals surface area contributed by atoms with Gasteiger partial charge in [0.25, 0.3) is 0 Å². The zero-order valence-electron chi connectivity index (χ0n) is 13.8. The quantitative estimate of drug-likeness (QED) is 0.521. The van der Waals surface area contributed by atoms with E-state index in [9.17, 15) is 19.5 Å². The standard InChI is InChI=1S/C15H18ClNO8/c1-8(18)23-9(2)24-15(21)17-7-13(14(19)20)25-12-6-10(16)4-5-11(12)22-3/h4-6,9,13H,7H2,1-3H3,(H,17,21)(H,19,20)/t9-,13-/m0/s1. The van der Waals surface area contributed by atoms with Crippen LogP contribution >= 0.6 is 11.6 Å². The summed E-state index contributed by atoms with van der Waals surface area (Å²) in [5, 5.41) is 11.8. The van der Waals surface area contributed by atoms with Crippen LogP contribution in [-0.4, -0.2) is 49.2 Å². The molecule has 1 amide bonds. The lowest BCUT2D eigenvalue weighted by atomic mass is 10.3. The van der Waals surface area contributed by atoms with E-state index in [0.717, 1.165) is 6.92 Å². The molecule has 25 heavy (non-hydrogen) atoms. The van der Waals surface area contributed by atoms with Crippen LogP contribution in [0.5, 0.6) is 11.5 Å². The van der Waals surface area contributed by atoms with E-state index in [2.05, 4.69) is 10.1 Å². The van der Waals surface area contributed by atoms with E-state index in [1.165, 1.54) is 26.2 Å². The molecule has 1 rings (SSSR count). The molecule has 1 aromatic rings. The Morgan fingerprint density at radius 1 is 1.24 bits per heavy atom.